The van der Waals surface area contributed by atoms with Crippen LogP contribution in [0.4, 0.5) is 21.5 Å². The van der Waals surface area contributed by atoms with Gasteiger partial charge in [0.2, 0.25) is 0 Å². The maximum Gasteiger partial charge on any atom is 0.148 e. The molecule has 0 aliphatic carbocycles. The first kappa shape index (κ1) is 11.9. The summed E-state index contributed by atoms with van der Waals surface area (Å²) in [7, 11) is 0. The van der Waals surface area contributed by atoms with E-state index < -0.39 is 0 Å². The Labute approximate surface area is 108 Å². The minimum absolute atomic E-state index is 0.363. The topological polar surface area (TPSA) is 38.0 Å². The standard InChI is InChI=1S/C13H12BrFN2/c1-8-3-2-4-12(13(8)14)17-11-6-5-9(16)7-10(11)15/h2-7,17H,16H2,1H3. The minimum atomic E-state index is -0.363. The van der Waals surface area contributed by atoms with Gasteiger partial charge in [0.1, 0.15) is 5.82 Å². The molecule has 0 radical (unpaired) electrons. The van der Waals surface area contributed by atoms with Crippen LogP contribution in [0.25, 0.3) is 0 Å². The number of anilines is 3. The molecule has 0 aromatic heterocycles. The molecular formula is C13H12BrFN2. The maximum atomic E-state index is 13.6. The summed E-state index contributed by atoms with van der Waals surface area (Å²) in [4.78, 5) is 0. The molecule has 0 spiro atoms. The molecule has 0 unspecified atom stereocenters. The van der Waals surface area contributed by atoms with E-state index in [0.29, 0.717) is 11.4 Å². The molecule has 0 fully saturated rings. The zero-order chi connectivity index (χ0) is 12.4. The number of nitrogens with two attached hydrogens (primary N) is 1. The molecule has 0 saturated carbocycles. The molecule has 0 saturated heterocycles. The zero-order valence-electron chi connectivity index (χ0n) is 9.30. The first-order valence-electron chi connectivity index (χ1n) is 5.15. The summed E-state index contributed by atoms with van der Waals surface area (Å²) < 4.78 is 14.5. The van der Waals surface area contributed by atoms with Crippen molar-refractivity contribution >= 4 is 33.0 Å². The van der Waals surface area contributed by atoms with Crippen LogP contribution in [0.1, 0.15) is 5.56 Å². The van der Waals surface area contributed by atoms with Crippen LogP contribution in [0.5, 0.6) is 0 Å². The Bertz CT molecular complexity index is 555. The molecule has 0 atom stereocenters. The highest BCUT2D eigenvalue weighted by Gasteiger charge is 2.06. The molecule has 0 amide bonds. The van der Waals surface area contributed by atoms with Crippen LogP contribution in [0.2, 0.25) is 0 Å². The van der Waals surface area contributed by atoms with E-state index in [1.165, 1.54) is 6.07 Å². The fourth-order valence-corrected chi connectivity index (χ4v) is 1.89. The maximum absolute atomic E-state index is 13.6. The summed E-state index contributed by atoms with van der Waals surface area (Å²) in [5.74, 6) is -0.363. The van der Waals surface area contributed by atoms with Gasteiger partial charge in [0.25, 0.3) is 0 Å². The molecule has 4 heteroatoms. The van der Waals surface area contributed by atoms with E-state index in [1.54, 1.807) is 12.1 Å². The average molecular weight is 295 g/mol. The molecule has 17 heavy (non-hydrogen) atoms. The van der Waals surface area contributed by atoms with E-state index in [0.717, 1.165) is 15.7 Å². The van der Waals surface area contributed by atoms with Crippen molar-refractivity contribution in [2.24, 2.45) is 0 Å². The third-order valence-corrected chi connectivity index (χ3v) is 3.51. The predicted molar refractivity (Wildman–Crippen MR) is 73.0 cm³/mol. The lowest BCUT2D eigenvalue weighted by Crippen LogP contribution is -1.96. The van der Waals surface area contributed by atoms with Crippen LogP contribution in [0, 0.1) is 12.7 Å². The van der Waals surface area contributed by atoms with Gasteiger partial charge in [0, 0.05) is 10.2 Å². The van der Waals surface area contributed by atoms with Crippen LogP contribution in [-0.4, -0.2) is 0 Å². The summed E-state index contributed by atoms with van der Waals surface area (Å²) in [5.41, 5.74) is 8.24. The minimum Gasteiger partial charge on any atom is -0.399 e. The Morgan fingerprint density at radius 3 is 2.65 bits per heavy atom. The summed E-state index contributed by atoms with van der Waals surface area (Å²) >= 11 is 3.47. The Morgan fingerprint density at radius 1 is 1.18 bits per heavy atom. The van der Waals surface area contributed by atoms with Gasteiger partial charge in [-0.15, -0.1) is 0 Å². The third kappa shape index (κ3) is 2.58. The molecule has 88 valence electrons. The van der Waals surface area contributed by atoms with Gasteiger partial charge in [-0.25, -0.2) is 4.39 Å². The second-order valence-corrected chi connectivity index (χ2v) is 4.59. The second kappa shape index (κ2) is 4.75. The number of benzene rings is 2. The highest BCUT2D eigenvalue weighted by Crippen LogP contribution is 2.29. The van der Waals surface area contributed by atoms with Crippen molar-refractivity contribution in [2.75, 3.05) is 11.1 Å². The number of nitrogens with one attached hydrogen (secondary N) is 1. The van der Waals surface area contributed by atoms with Crippen molar-refractivity contribution in [1.82, 2.24) is 0 Å². The van der Waals surface area contributed by atoms with E-state index in [1.807, 2.05) is 25.1 Å². The lowest BCUT2D eigenvalue weighted by atomic mass is 10.2. The van der Waals surface area contributed by atoms with Crippen LogP contribution in [0.3, 0.4) is 0 Å². The fraction of sp³-hybridized carbons (Fsp3) is 0.0769. The number of halogens is 2. The van der Waals surface area contributed by atoms with Crippen LogP contribution < -0.4 is 11.1 Å². The predicted octanol–water partition coefficient (Wildman–Crippen LogP) is 4.22. The van der Waals surface area contributed by atoms with Crippen LogP contribution >= 0.6 is 15.9 Å². The molecule has 2 rings (SSSR count). The average Bonchev–Trinajstić information content (AvgIpc) is 2.28. The van der Waals surface area contributed by atoms with Gasteiger partial charge in [-0.2, -0.15) is 0 Å². The van der Waals surface area contributed by atoms with E-state index in [2.05, 4.69) is 21.2 Å². The first-order chi connectivity index (χ1) is 8.08. The van der Waals surface area contributed by atoms with Gasteiger partial charge in [0.15, 0.2) is 0 Å². The summed E-state index contributed by atoms with van der Waals surface area (Å²) in [6.45, 7) is 1.98. The van der Waals surface area contributed by atoms with Gasteiger partial charge in [-0.05, 0) is 52.7 Å². The normalized spacial score (nSPS) is 10.3. The van der Waals surface area contributed by atoms with Gasteiger partial charge in [-0.3, -0.25) is 0 Å². The largest absolute Gasteiger partial charge is 0.399 e. The summed E-state index contributed by atoms with van der Waals surface area (Å²) in [6.07, 6.45) is 0. The number of hydrogen-bond acceptors (Lipinski definition) is 2. The lowest BCUT2D eigenvalue weighted by molar-refractivity contribution is 0.632. The van der Waals surface area contributed by atoms with Crippen LogP contribution in [0.15, 0.2) is 40.9 Å². The Morgan fingerprint density at radius 2 is 1.94 bits per heavy atom. The SMILES string of the molecule is Cc1cccc(Nc2ccc(N)cc2F)c1Br. The Balaban J connectivity index is 2.35. The molecule has 0 aliphatic rings. The van der Waals surface area contributed by atoms with Crippen LogP contribution in [-0.2, 0) is 0 Å². The van der Waals surface area contributed by atoms with E-state index >= 15 is 0 Å². The van der Waals surface area contributed by atoms with Gasteiger partial charge in [0.05, 0.1) is 11.4 Å². The lowest BCUT2D eigenvalue weighted by Gasteiger charge is -2.11. The van der Waals surface area contributed by atoms with Gasteiger partial charge >= 0.3 is 0 Å². The van der Waals surface area contributed by atoms with Gasteiger partial charge < -0.3 is 11.1 Å². The highest BCUT2D eigenvalue weighted by atomic mass is 79.9. The van der Waals surface area contributed by atoms with Crippen molar-refractivity contribution in [1.29, 1.82) is 0 Å². The monoisotopic (exact) mass is 294 g/mol. The smallest absolute Gasteiger partial charge is 0.148 e. The molecule has 2 nitrogen and oxygen atoms in total. The molecule has 0 bridgehead atoms. The fourth-order valence-electron chi connectivity index (χ4n) is 1.52. The molecule has 0 heterocycles. The number of hydrogen-bond donors (Lipinski definition) is 2. The summed E-state index contributed by atoms with van der Waals surface area (Å²) in [6, 6.07) is 10.4. The Hall–Kier alpha value is -1.55. The molecular weight excluding hydrogens is 283 g/mol. The van der Waals surface area contributed by atoms with E-state index in [9.17, 15) is 4.39 Å². The third-order valence-electron chi connectivity index (χ3n) is 2.45. The Kier molecular flexibility index (Phi) is 3.33. The van der Waals surface area contributed by atoms with E-state index in [-0.39, 0.29) is 5.82 Å². The molecule has 2 aromatic rings. The number of rotatable bonds is 2. The van der Waals surface area contributed by atoms with Crippen molar-refractivity contribution in [3.05, 3.63) is 52.3 Å². The van der Waals surface area contributed by atoms with E-state index in [4.69, 9.17) is 5.73 Å². The zero-order valence-corrected chi connectivity index (χ0v) is 10.9. The van der Waals surface area contributed by atoms with Crippen molar-refractivity contribution in [2.45, 2.75) is 6.92 Å². The highest BCUT2D eigenvalue weighted by molar-refractivity contribution is 9.10. The quantitative estimate of drug-likeness (QED) is 0.814. The number of aryl methyl sites for hydroxylation is 1. The second-order valence-electron chi connectivity index (χ2n) is 3.80. The first-order valence-corrected chi connectivity index (χ1v) is 5.94. The molecule has 0 aliphatic heterocycles. The van der Waals surface area contributed by atoms with Crippen molar-refractivity contribution in [3.8, 4) is 0 Å². The van der Waals surface area contributed by atoms with Gasteiger partial charge in [-0.1, -0.05) is 12.1 Å². The van der Waals surface area contributed by atoms with Crippen molar-refractivity contribution in [3.63, 3.8) is 0 Å². The molecule has 3 N–H and O–H groups in total. The summed E-state index contributed by atoms with van der Waals surface area (Å²) in [5, 5.41) is 3.03. The van der Waals surface area contributed by atoms with Crippen molar-refractivity contribution < 1.29 is 4.39 Å². The number of nitrogen functional groups attached to an aromatic ring is 1. The molecule has 2 aromatic carbocycles.